The highest BCUT2D eigenvalue weighted by atomic mass is 35.5. The Bertz CT molecular complexity index is 1220. The molecule has 0 saturated carbocycles. The number of hydrogen-bond acceptors (Lipinski definition) is 8. The van der Waals surface area contributed by atoms with Crippen LogP contribution in [0.25, 0.3) is 10.6 Å². The molecule has 1 aliphatic rings. The molecule has 170 valence electrons. The lowest BCUT2D eigenvalue weighted by Crippen LogP contribution is -2.47. The van der Waals surface area contributed by atoms with Crippen molar-refractivity contribution in [1.29, 1.82) is 0 Å². The number of nitrogens with zero attached hydrogens (tertiary/aromatic N) is 1. The van der Waals surface area contributed by atoms with Crippen molar-refractivity contribution in [2.24, 2.45) is 0 Å². The van der Waals surface area contributed by atoms with E-state index in [0.29, 0.717) is 15.8 Å². The molecule has 1 atom stereocenters. The summed E-state index contributed by atoms with van der Waals surface area (Å²) in [4.78, 5) is 41.7. The van der Waals surface area contributed by atoms with Gasteiger partial charge in [-0.3, -0.25) is 0 Å². The van der Waals surface area contributed by atoms with Crippen LogP contribution in [0.1, 0.15) is 29.2 Å². The summed E-state index contributed by atoms with van der Waals surface area (Å²) >= 11 is 7.28. The highest BCUT2D eigenvalue weighted by Gasteiger charge is 2.35. The molecule has 0 fully saturated rings. The average Bonchev–Trinajstić information content (AvgIpc) is 3.49. The smallest absolute Gasteiger partial charge is 0.358 e. The van der Waals surface area contributed by atoms with Crippen molar-refractivity contribution in [3.05, 3.63) is 75.8 Å². The summed E-state index contributed by atoms with van der Waals surface area (Å²) in [5, 5.41) is 7.85. The molecule has 2 N–H and O–H groups in total. The van der Waals surface area contributed by atoms with Gasteiger partial charge in [-0.15, -0.1) is 11.3 Å². The standard InChI is InChI=1S/C22H18ClN3O6S/c1-2-30-21(28)17-14(25-22(29)26-18(17)16-7-4-8-31-16)10-32-20(27)15-11-33-19(24-15)12-5-3-6-13(23)9-12/h3-9,11,18H,2,10H2,1H3,(H2,25,26,29). The Kier molecular flexibility index (Phi) is 6.76. The maximum Gasteiger partial charge on any atom is 0.358 e. The fraction of sp³-hybridized carbons (Fsp3) is 0.182. The van der Waals surface area contributed by atoms with E-state index in [2.05, 4.69) is 15.6 Å². The number of thiazole rings is 1. The topological polar surface area (TPSA) is 120 Å². The molecule has 9 nitrogen and oxygen atoms in total. The maximum atomic E-state index is 12.6. The second kappa shape index (κ2) is 9.88. The molecule has 1 aromatic carbocycles. The van der Waals surface area contributed by atoms with Crippen LogP contribution in [-0.4, -0.2) is 36.2 Å². The minimum Gasteiger partial charge on any atom is -0.467 e. The number of amides is 2. The van der Waals surface area contributed by atoms with Crippen LogP contribution in [0.5, 0.6) is 0 Å². The number of ether oxygens (including phenoxy) is 2. The summed E-state index contributed by atoms with van der Waals surface area (Å²) < 4.78 is 15.9. The summed E-state index contributed by atoms with van der Waals surface area (Å²) in [7, 11) is 0. The Labute approximate surface area is 197 Å². The van der Waals surface area contributed by atoms with Crippen LogP contribution in [0.3, 0.4) is 0 Å². The molecule has 0 radical (unpaired) electrons. The van der Waals surface area contributed by atoms with Gasteiger partial charge in [-0.2, -0.15) is 0 Å². The second-order valence-corrected chi connectivity index (χ2v) is 8.08. The summed E-state index contributed by atoms with van der Waals surface area (Å²) in [5.74, 6) is -1.05. The van der Waals surface area contributed by atoms with E-state index in [-0.39, 0.29) is 30.2 Å². The van der Waals surface area contributed by atoms with Crippen LogP contribution in [0.2, 0.25) is 5.02 Å². The van der Waals surface area contributed by atoms with Gasteiger partial charge in [-0.25, -0.2) is 19.4 Å². The van der Waals surface area contributed by atoms with Gasteiger partial charge in [-0.1, -0.05) is 23.7 Å². The van der Waals surface area contributed by atoms with E-state index in [1.807, 2.05) is 6.07 Å². The van der Waals surface area contributed by atoms with Gasteiger partial charge in [0, 0.05) is 16.0 Å². The second-order valence-electron chi connectivity index (χ2n) is 6.78. The fourth-order valence-electron chi connectivity index (χ4n) is 3.18. The normalized spacial score (nSPS) is 15.6. The minimum atomic E-state index is -0.893. The van der Waals surface area contributed by atoms with Gasteiger partial charge in [0.25, 0.3) is 0 Å². The monoisotopic (exact) mass is 487 g/mol. The van der Waals surface area contributed by atoms with E-state index in [1.165, 1.54) is 17.6 Å². The molecule has 1 unspecified atom stereocenters. The molecule has 2 aromatic heterocycles. The number of carbonyl (C=O) groups is 3. The average molecular weight is 488 g/mol. The number of esters is 2. The van der Waals surface area contributed by atoms with Crippen LogP contribution in [-0.2, 0) is 14.3 Å². The van der Waals surface area contributed by atoms with Gasteiger partial charge in [-0.05, 0) is 31.2 Å². The van der Waals surface area contributed by atoms with Gasteiger partial charge >= 0.3 is 18.0 Å². The lowest BCUT2D eigenvalue weighted by atomic mass is 10.0. The van der Waals surface area contributed by atoms with Gasteiger partial charge in [0.15, 0.2) is 5.69 Å². The van der Waals surface area contributed by atoms with Gasteiger partial charge in [0.05, 0.1) is 24.1 Å². The van der Waals surface area contributed by atoms with Gasteiger partial charge < -0.3 is 24.5 Å². The molecule has 0 aliphatic carbocycles. The summed E-state index contributed by atoms with van der Waals surface area (Å²) in [6.07, 6.45) is 1.42. The van der Waals surface area contributed by atoms with Gasteiger partial charge in [0.1, 0.15) is 23.4 Å². The largest absolute Gasteiger partial charge is 0.467 e. The van der Waals surface area contributed by atoms with Crippen molar-refractivity contribution >= 4 is 40.9 Å². The van der Waals surface area contributed by atoms with Crippen molar-refractivity contribution in [1.82, 2.24) is 15.6 Å². The first-order valence-corrected chi connectivity index (χ1v) is 11.1. The van der Waals surface area contributed by atoms with E-state index < -0.39 is 24.0 Å². The lowest BCUT2D eigenvalue weighted by molar-refractivity contribution is -0.139. The molecule has 1 aliphatic heterocycles. The van der Waals surface area contributed by atoms with Crippen LogP contribution < -0.4 is 10.6 Å². The Balaban J connectivity index is 1.55. The fourth-order valence-corrected chi connectivity index (χ4v) is 4.16. The molecule has 3 aromatic rings. The van der Waals surface area contributed by atoms with Crippen molar-refractivity contribution < 1.29 is 28.3 Å². The third kappa shape index (κ3) is 5.07. The zero-order valence-electron chi connectivity index (χ0n) is 17.3. The number of rotatable bonds is 7. The predicted octanol–water partition coefficient (Wildman–Crippen LogP) is 4.08. The minimum absolute atomic E-state index is 0.0806. The third-order valence-electron chi connectivity index (χ3n) is 4.61. The number of benzene rings is 1. The van der Waals surface area contributed by atoms with E-state index in [0.717, 1.165) is 5.56 Å². The Morgan fingerprint density at radius 2 is 2.06 bits per heavy atom. The first-order chi connectivity index (χ1) is 16.0. The number of urea groups is 1. The van der Waals surface area contributed by atoms with Gasteiger partial charge in [0.2, 0.25) is 0 Å². The van der Waals surface area contributed by atoms with Crippen LogP contribution in [0, 0.1) is 0 Å². The van der Waals surface area contributed by atoms with Crippen molar-refractivity contribution in [3.8, 4) is 10.6 Å². The third-order valence-corrected chi connectivity index (χ3v) is 5.74. The number of carbonyl (C=O) groups excluding carboxylic acids is 3. The van der Waals surface area contributed by atoms with Crippen LogP contribution in [0.4, 0.5) is 4.79 Å². The van der Waals surface area contributed by atoms with Crippen LogP contribution in [0.15, 0.2) is 63.7 Å². The molecule has 11 heteroatoms. The molecular formula is C22H18ClN3O6S. The van der Waals surface area contributed by atoms with E-state index in [4.69, 9.17) is 25.5 Å². The number of aromatic nitrogens is 1. The van der Waals surface area contributed by atoms with E-state index in [1.54, 1.807) is 42.6 Å². The number of nitrogens with one attached hydrogen (secondary N) is 2. The Morgan fingerprint density at radius 3 is 2.79 bits per heavy atom. The molecule has 0 spiro atoms. The zero-order valence-corrected chi connectivity index (χ0v) is 18.9. The first-order valence-electron chi connectivity index (χ1n) is 9.86. The molecule has 4 rings (SSSR count). The molecule has 2 amide bonds. The number of halogens is 1. The van der Waals surface area contributed by atoms with E-state index >= 15 is 0 Å². The molecule has 0 saturated heterocycles. The molecule has 33 heavy (non-hydrogen) atoms. The van der Waals surface area contributed by atoms with E-state index in [9.17, 15) is 14.4 Å². The summed E-state index contributed by atoms with van der Waals surface area (Å²) in [6, 6.07) is 8.88. The molecular weight excluding hydrogens is 470 g/mol. The predicted molar refractivity (Wildman–Crippen MR) is 120 cm³/mol. The SMILES string of the molecule is CCOC(=O)C1=C(COC(=O)c2csc(-c3cccc(Cl)c3)n2)NC(=O)NC1c1ccco1. The first kappa shape index (κ1) is 22.6. The van der Waals surface area contributed by atoms with Crippen molar-refractivity contribution in [3.63, 3.8) is 0 Å². The van der Waals surface area contributed by atoms with Crippen molar-refractivity contribution in [2.75, 3.05) is 13.2 Å². The maximum absolute atomic E-state index is 12.6. The molecule has 0 bridgehead atoms. The number of hydrogen-bond donors (Lipinski definition) is 2. The Morgan fingerprint density at radius 1 is 1.21 bits per heavy atom. The zero-order chi connectivity index (χ0) is 23.4. The molecule has 3 heterocycles. The highest BCUT2D eigenvalue weighted by Crippen LogP contribution is 2.29. The Hall–Kier alpha value is -3.63. The number of furan rings is 1. The quantitative estimate of drug-likeness (QED) is 0.482. The lowest BCUT2D eigenvalue weighted by Gasteiger charge is -2.27. The van der Waals surface area contributed by atoms with Crippen LogP contribution >= 0.6 is 22.9 Å². The summed E-state index contributed by atoms with van der Waals surface area (Å²) in [6.45, 7) is 1.41. The highest BCUT2D eigenvalue weighted by molar-refractivity contribution is 7.13. The summed E-state index contributed by atoms with van der Waals surface area (Å²) in [5.41, 5.74) is 1.04. The van der Waals surface area contributed by atoms with Crippen molar-refractivity contribution in [2.45, 2.75) is 13.0 Å².